The highest BCUT2D eigenvalue weighted by Gasteiger charge is 2.69. The third-order valence-electron chi connectivity index (χ3n) is 8.84. The standard InChI is InChI=1S/C32H30N4O3/c1-17(2)15-24-26-27(30(39)35(29(26)38)20-14-13-18(3)19(4)16-20)32(34-24)22-10-6-8-12-25(22)36-28(37)21-9-5-7-11-23(21)33-31(32)36/h5-14,16-17,24,26-27,34H,15H2,1-4H3/t24?,26-,27+,32?/m0/s1. The predicted octanol–water partition coefficient (Wildman–Crippen LogP) is 4.38. The van der Waals surface area contributed by atoms with Crippen LogP contribution in [0.2, 0.25) is 0 Å². The van der Waals surface area contributed by atoms with Crippen molar-refractivity contribution in [2.24, 2.45) is 17.8 Å². The van der Waals surface area contributed by atoms with Crippen molar-refractivity contribution in [2.75, 3.05) is 4.90 Å². The van der Waals surface area contributed by atoms with Crippen molar-refractivity contribution in [1.82, 2.24) is 14.9 Å². The van der Waals surface area contributed by atoms with Crippen molar-refractivity contribution in [3.63, 3.8) is 0 Å². The molecular weight excluding hydrogens is 488 g/mol. The molecule has 7 heteroatoms. The fourth-order valence-corrected chi connectivity index (χ4v) is 7.05. The van der Waals surface area contributed by atoms with Gasteiger partial charge < -0.3 is 0 Å². The number of carbonyl (C=O) groups excluding carboxylic acids is 2. The number of amides is 2. The average Bonchev–Trinajstić information content (AvgIpc) is 3.49. The number of imide groups is 1. The summed E-state index contributed by atoms with van der Waals surface area (Å²) in [4.78, 5) is 49.0. The molecule has 1 spiro atoms. The van der Waals surface area contributed by atoms with E-state index in [1.165, 1.54) is 4.90 Å². The van der Waals surface area contributed by atoms with Crippen LogP contribution in [0.3, 0.4) is 0 Å². The highest BCUT2D eigenvalue weighted by atomic mass is 16.2. The van der Waals surface area contributed by atoms with E-state index in [4.69, 9.17) is 4.98 Å². The second-order valence-corrected chi connectivity index (χ2v) is 11.6. The number of para-hydroxylation sites is 2. The minimum atomic E-state index is -1.11. The van der Waals surface area contributed by atoms with Gasteiger partial charge in [0.05, 0.1) is 34.1 Å². The molecule has 0 saturated carbocycles. The lowest BCUT2D eigenvalue weighted by Gasteiger charge is -2.32. The summed E-state index contributed by atoms with van der Waals surface area (Å²) >= 11 is 0. The molecule has 7 nitrogen and oxygen atoms in total. The van der Waals surface area contributed by atoms with E-state index in [1.54, 1.807) is 10.6 Å². The molecule has 2 fully saturated rings. The molecule has 3 aromatic carbocycles. The minimum absolute atomic E-state index is 0.173. The lowest BCUT2D eigenvalue weighted by atomic mass is 9.75. The van der Waals surface area contributed by atoms with Crippen LogP contribution in [0.4, 0.5) is 5.69 Å². The number of rotatable bonds is 3. The topological polar surface area (TPSA) is 84.3 Å². The van der Waals surface area contributed by atoms with Crippen LogP contribution in [0.1, 0.15) is 42.8 Å². The maximum absolute atomic E-state index is 14.5. The van der Waals surface area contributed by atoms with Crippen LogP contribution in [0, 0.1) is 31.6 Å². The maximum atomic E-state index is 14.5. The second-order valence-electron chi connectivity index (χ2n) is 11.6. The van der Waals surface area contributed by atoms with Gasteiger partial charge in [-0.2, -0.15) is 0 Å². The van der Waals surface area contributed by atoms with Gasteiger partial charge in [-0.25, -0.2) is 9.88 Å². The molecule has 196 valence electrons. The lowest BCUT2D eigenvalue weighted by molar-refractivity contribution is -0.123. The number of fused-ring (bicyclic) bond motifs is 8. The molecule has 0 bridgehead atoms. The zero-order valence-electron chi connectivity index (χ0n) is 22.4. The van der Waals surface area contributed by atoms with Crippen LogP contribution < -0.4 is 15.8 Å². The van der Waals surface area contributed by atoms with Gasteiger partial charge >= 0.3 is 0 Å². The molecule has 2 amide bonds. The number of aryl methyl sites for hydroxylation is 2. The number of anilines is 1. The third-order valence-corrected chi connectivity index (χ3v) is 8.84. The van der Waals surface area contributed by atoms with E-state index in [0.717, 1.165) is 16.7 Å². The van der Waals surface area contributed by atoms with Crippen LogP contribution in [-0.2, 0) is 15.1 Å². The van der Waals surface area contributed by atoms with Gasteiger partial charge in [0, 0.05) is 11.6 Å². The maximum Gasteiger partial charge on any atom is 0.266 e. The number of nitrogens with zero attached hydrogens (tertiary/aromatic N) is 3. The Kier molecular flexibility index (Phi) is 5.04. The molecular formula is C32H30N4O3. The summed E-state index contributed by atoms with van der Waals surface area (Å²) in [6, 6.07) is 20.4. The Morgan fingerprint density at radius 2 is 1.67 bits per heavy atom. The van der Waals surface area contributed by atoms with Crippen molar-refractivity contribution < 1.29 is 9.59 Å². The Balaban J connectivity index is 1.51. The normalized spacial score (nSPS) is 25.2. The molecule has 2 unspecified atom stereocenters. The third kappa shape index (κ3) is 3.08. The van der Waals surface area contributed by atoms with Crippen molar-refractivity contribution >= 4 is 28.4 Å². The van der Waals surface area contributed by atoms with Crippen LogP contribution >= 0.6 is 0 Å². The Hall–Kier alpha value is -4.10. The fourth-order valence-electron chi connectivity index (χ4n) is 7.05. The Bertz CT molecular complexity index is 1770. The monoisotopic (exact) mass is 518 g/mol. The summed E-state index contributed by atoms with van der Waals surface area (Å²) in [5.41, 5.74) is 3.53. The number of hydrogen-bond donors (Lipinski definition) is 1. The Morgan fingerprint density at radius 1 is 0.923 bits per heavy atom. The van der Waals surface area contributed by atoms with Gasteiger partial charge in [-0.3, -0.25) is 24.3 Å². The predicted molar refractivity (Wildman–Crippen MR) is 150 cm³/mol. The van der Waals surface area contributed by atoms with E-state index < -0.39 is 17.4 Å². The molecule has 2 saturated heterocycles. The number of carbonyl (C=O) groups is 2. The summed E-state index contributed by atoms with van der Waals surface area (Å²) in [5, 5.41) is 4.29. The summed E-state index contributed by atoms with van der Waals surface area (Å²) in [6.07, 6.45) is 0.711. The average molecular weight is 519 g/mol. The highest BCUT2D eigenvalue weighted by Crippen LogP contribution is 2.56. The van der Waals surface area contributed by atoms with Crippen LogP contribution in [0.15, 0.2) is 71.5 Å². The number of nitrogens with one attached hydrogen (secondary N) is 1. The number of benzene rings is 3. The van der Waals surface area contributed by atoms with Crippen LogP contribution in [0.25, 0.3) is 16.6 Å². The van der Waals surface area contributed by atoms with Gasteiger partial charge in [0.2, 0.25) is 11.8 Å². The molecule has 4 atom stereocenters. The molecule has 0 aliphatic carbocycles. The molecule has 3 aliphatic rings. The van der Waals surface area contributed by atoms with E-state index in [1.807, 2.05) is 74.5 Å². The smallest absolute Gasteiger partial charge is 0.266 e. The molecule has 4 aromatic rings. The quantitative estimate of drug-likeness (QED) is 0.407. The first-order valence-electron chi connectivity index (χ1n) is 13.6. The van der Waals surface area contributed by atoms with Gasteiger partial charge in [-0.05, 0) is 67.6 Å². The molecule has 7 rings (SSSR count). The van der Waals surface area contributed by atoms with E-state index >= 15 is 0 Å². The van der Waals surface area contributed by atoms with Crippen molar-refractivity contribution in [2.45, 2.75) is 45.7 Å². The number of aromatic nitrogens is 2. The van der Waals surface area contributed by atoms with Gasteiger partial charge in [0.1, 0.15) is 11.4 Å². The zero-order valence-corrected chi connectivity index (χ0v) is 22.4. The fraction of sp³-hybridized carbons (Fsp3) is 0.312. The minimum Gasteiger partial charge on any atom is -0.297 e. The zero-order chi connectivity index (χ0) is 27.2. The lowest BCUT2D eigenvalue weighted by Crippen LogP contribution is -2.50. The van der Waals surface area contributed by atoms with Gasteiger partial charge in [0.15, 0.2) is 0 Å². The summed E-state index contributed by atoms with van der Waals surface area (Å²) in [6.45, 7) is 8.24. The van der Waals surface area contributed by atoms with Gasteiger partial charge in [-0.1, -0.05) is 50.2 Å². The first-order valence-corrected chi connectivity index (χ1v) is 13.6. The van der Waals surface area contributed by atoms with Gasteiger partial charge in [0.25, 0.3) is 5.56 Å². The Labute approximate surface area is 226 Å². The van der Waals surface area contributed by atoms with Crippen LogP contribution in [-0.4, -0.2) is 27.4 Å². The van der Waals surface area contributed by atoms with Crippen molar-refractivity contribution in [1.29, 1.82) is 0 Å². The summed E-state index contributed by atoms with van der Waals surface area (Å²) in [7, 11) is 0. The Morgan fingerprint density at radius 3 is 2.44 bits per heavy atom. The molecule has 3 aliphatic heterocycles. The van der Waals surface area contributed by atoms with E-state index in [-0.39, 0.29) is 23.4 Å². The first kappa shape index (κ1) is 24.0. The molecule has 1 N–H and O–H groups in total. The molecule has 0 radical (unpaired) electrons. The summed E-state index contributed by atoms with van der Waals surface area (Å²) < 4.78 is 1.65. The second kappa shape index (κ2) is 8.20. The van der Waals surface area contributed by atoms with Crippen molar-refractivity contribution in [3.05, 3.63) is 99.6 Å². The van der Waals surface area contributed by atoms with E-state index in [9.17, 15) is 14.4 Å². The molecule has 4 heterocycles. The first-order chi connectivity index (χ1) is 18.7. The largest absolute Gasteiger partial charge is 0.297 e. The van der Waals surface area contributed by atoms with E-state index in [2.05, 4.69) is 19.2 Å². The molecule has 39 heavy (non-hydrogen) atoms. The van der Waals surface area contributed by atoms with Crippen LogP contribution in [0.5, 0.6) is 0 Å². The van der Waals surface area contributed by atoms with Gasteiger partial charge in [-0.15, -0.1) is 0 Å². The van der Waals surface area contributed by atoms with E-state index in [0.29, 0.717) is 40.4 Å². The highest BCUT2D eigenvalue weighted by molar-refractivity contribution is 6.23. The molecule has 1 aromatic heterocycles. The number of hydrogen-bond acceptors (Lipinski definition) is 5. The SMILES string of the molecule is Cc1ccc(N2C(=O)[C@H]3C(CC(C)C)NC4(c5ccccc5-n5c4nc4ccccc4c5=O)[C@H]3C2=O)cc1C. The summed E-state index contributed by atoms with van der Waals surface area (Å²) in [5.74, 6) is -0.986. The van der Waals surface area contributed by atoms with Crippen molar-refractivity contribution in [3.8, 4) is 5.69 Å².